The summed E-state index contributed by atoms with van der Waals surface area (Å²) in [7, 11) is 1.52. The number of hydrogen-bond acceptors (Lipinski definition) is 6. The standard InChI is InChI=1S/C30H31BrClN3O5/c1-18-7-8-19(2)35(18)21-9-11-22(12-10-21)38-17-23-13-14-24(39-23)29(36)34-33-16-20-15-25(37-6)28(27(32)26(20)31)40-30(3,4)5/h7-16H,17H2,1-6H3,(H,34,36)/b33-16+. The number of amides is 1. The first-order valence-corrected chi connectivity index (χ1v) is 13.7. The van der Waals surface area contributed by atoms with E-state index in [1.807, 2.05) is 45.0 Å². The van der Waals surface area contributed by atoms with Gasteiger partial charge in [-0.05, 0) is 105 Å². The monoisotopic (exact) mass is 627 g/mol. The first-order chi connectivity index (χ1) is 19.0. The second kappa shape index (κ2) is 12.2. The fraction of sp³-hybridized carbons (Fsp3) is 0.267. The van der Waals surface area contributed by atoms with Crippen molar-refractivity contribution in [3.05, 3.63) is 92.6 Å². The molecule has 0 radical (unpaired) electrons. The number of carbonyl (C=O) groups is 1. The van der Waals surface area contributed by atoms with Gasteiger partial charge in [-0.1, -0.05) is 11.6 Å². The third-order valence-corrected chi connectivity index (χ3v) is 7.23. The fourth-order valence-electron chi connectivity index (χ4n) is 3.97. The van der Waals surface area contributed by atoms with Crippen LogP contribution in [-0.2, 0) is 6.61 Å². The van der Waals surface area contributed by atoms with Gasteiger partial charge in [0.05, 0.1) is 13.3 Å². The summed E-state index contributed by atoms with van der Waals surface area (Å²) in [5, 5.41) is 4.38. The van der Waals surface area contributed by atoms with E-state index in [1.165, 1.54) is 13.3 Å². The predicted octanol–water partition coefficient (Wildman–Crippen LogP) is 7.63. The summed E-state index contributed by atoms with van der Waals surface area (Å²) in [6.45, 7) is 10.1. The van der Waals surface area contributed by atoms with Crippen molar-refractivity contribution in [2.75, 3.05) is 7.11 Å². The van der Waals surface area contributed by atoms with Crippen molar-refractivity contribution in [2.45, 2.75) is 46.8 Å². The van der Waals surface area contributed by atoms with Crippen molar-refractivity contribution in [2.24, 2.45) is 5.10 Å². The molecule has 0 unspecified atom stereocenters. The molecular formula is C30H31BrClN3O5. The number of nitrogens with one attached hydrogen (secondary N) is 1. The van der Waals surface area contributed by atoms with Crippen LogP contribution in [-0.4, -0.2) is 29.4 Å². The van der Waals surface area contributed by atoms with Crippen molar-refractivity contribution < 1.29 is 23.4 Å². The number of methoxy groups -OCH3 is 1. The number of aryl methyl sites for hydroxylation is 2. The minimum Gasteiger partial charge on any atom is -0.493 e. The van der Waals surface area contributed by atoms with E-state index in [0.29, 0.717) is 38.1 Å². The molecular weight excluding hydrogens is 598 g/mol. The highest BCUT2D eigenvalue weighted by Crippen LogP contribution is 2.43. The second-order valence-corrected chi connectivity index (χ2v) is 11.2. The van der Waals surface area contributed by atoms with Crippen molar-refractivity contribution in [1.82, 2.24) is 9.99 Å². The van der Waals surface area contributed by atoms with Crippen LogP contribution in [0.5, 0.6) is 17.2 Å². The molecule has 0 saturated carbocycles. The van der Waals surface area contributed by atoms with Gasteiger partial charge in [0.1, 0.15) is 28.7 Å². The lowest BCUT2D eigenvalue weighted by molar-refractivity contribution is 0.0923. The van der Waals surface area contributed by atoms with Crippen LogP contribution >= 0.6 is 27.5 Å². The number of nitrogens with zero attached hydrogens (tertiary/aromatic N) is 2. The Hall–Kier alpha value is -3.69. The predicted molar refractivity (Wildman–Crippen MR) is 159 cm³/mol. The van der Waals surface area contributed by atoms with E-state index < -0.39 is 11.5 Å². The molecule has 1 amide bonds. The largest absolute Gasteiger partial charge is 0.493 e. The van der Waals surface area contributed by atoms with E-state index in [0.717, 1.165) is 17.1 Å². The van der Waals surface area contributed by atoms with Crippen molar-refractivity contribution in [3.8, 4) is 22.9 Å². The molecule has 2 aromatic heterocycles. The maximum Gasteiger partial charge on any atom is 0.307 e. The van der Waals surface area contributed by atoms with Gasteiger partial charge in [-0.15, -0.1) is 0 Å². The SMILES string of the molecule is COc1cc(/C=N/NC(=O)c2ccc(COc3ccc(-n4c(C)ccc4C)cc3)o2)c(Br)c(Cl)c1OC(C)(C)C. The van der Waals surface area contributed by atoms with Crippen LogP contribution in [0, 0.1) is 13.8 Å². The number of halogens is 2. The van der Waals surface area contributed by atoms with Gasteiger partial charge in [0.2, 0.25) is 0 Å². The molecule has 0 fully saturated rings. The van der Waals surface area contributed by atoms with Gasteiger partial charge in [0.15, 0.2) is 17.3 Å². The second-order valence-electron chi connectivity index (χ2n) is 10.0. The minimum absolute atomic E-state index is 0.105. The molecule has 210 valence electrons. The highest BCUT2D eigenvalue weighted by molar-refractivity contribution is 9.10. The Kier molecular flexibility index (Phi) is 8.95. The smallest absolute Gasteiger partial charge is 0.307 e. The van der Waals surface area contributed by atoms with Crippen LogP contribution in [0.2, 0.25) is 5.02 Å². The lowest BCUT2D eigenvalue weighted by Gasteiger charge is -2.24. The Labute approximate surface area is 247 Å². The van der Waals surface area contributed by atoms with E-state index in [1.54, 1.807) is 18.2 Å². The summed E-state index contributed by atoms with van der Waals surface area (Å²) >= 11 is 9.99. The molecule has 1 N–H and O–H groups in total. The number of hydrogen-bond donors (Lipinski definition) is 1. The first-order valence-electron chi connectivity index (χ1n) is 12.5. The normalized spacial score (nSPS) is 11.6. The quantitative estimate of drug-likeness (QED) is 0.152. The van der Waals surface area contributed by atoms with E-state index in [2.05, 4.69) is 57.0 Å². The van der Waals surface area contributed by atoms with Crippen LogP contribution in [0.1, 0.15) is 54.0 Å². The Balaban J connectivity index is 1.36. The van der Waals surface area contributed by atoms with Gasteiger partial charge in [-0.2, -0.15) is 5.10 Å². The van der Waals surface area contributed by atoms with E-state index in [9.17, 15) is 4.79 Å². The van der Waals surface area contributed by atoms with Crippen molar-refractivity contribution >= 4 is 39.7 Å². The van der Waals surface area contributed by atoms with Crippen LogP contribution in [0.25, 0.3) is 5.69 Å². The average Bonchev–Trinajstić information content (AvgIpc) is 3.52. The Morgan fingerprint density at radius 1 is 1.10 bits per heavy atom. The number of ether oxygens (including phenoxy) is 3. The molecule has 0 aliphatic rings. The molecule has 0 saturated heterocycles. The molecule has 4 rings (SSSR count). The molecule has 0 bridgehead atoms. The van der Waals surface area contributed by atoms with Gasteiger partial charge in [-0.25, -0.2) is 5.43 Å². The van der Waals surface area contributed by atoms with E-state index >= 15 is 0 Å². The van der Waals surface area contributed by atoms with Gasteiger partial charge in [-0.3, -0.25) is 4.79 Å². The Bertz CT molecular complexity index is 1510. The topological polar surface area (TPSA) is 87.2 Å². The minimum atomic E-state index is -0.508. The van der Waals surface area contributed by atoms with Crippen LogP contribution in [0.15, 0.2) is 68.6 Å². The van der Waals surface area contributed by atoms with E-state index in [-0.39, 0.29) is 12.4 Å². The van der Waals surface area contributed by atoms with Crippen molar-refractivity contribution in [1.29, 1.82) is 0 Å². The Morgan fingerprint density at radius 2 is 1.77 bits per heavy atom. The number of benzene rings is 2. The number of hydrazone groups is 1. The summed E-state index contributed by atoms with van der Waals surface area (Å²) in [4.78, 5) is 12.6. The zero-order valence-corrected chi connectivity index (χ0v) is 25.5. The zero-order valence-electron chi connectivity index (χ0n) is 23.2. The first kappa shape index (κ1) is 29.3. The van der Waals surface area contributed by atoms with Gasteiger partial charge >= 0.3 is 5.91 Å². The summed E-state index contributed by atoms with van der Waals surface area (Å²) in [6, 6.07) is 16.9. The lowest BCUT2D eigenvalue weighted by atomic mass is 10.1. The molecule has 0 aliphatic heterocycles. The highest BCUT2D eigenvalue weighted by atomic mass is 79.9. The summed E-state index contributed by atoms with van der Waals surface area (Å²) in [5.41, 5.74) is 5.96. The van der Waals surface area contributed by atoms with Crippen LogP contribution in [0.3, 0.4) is 0 Å². The molecule has 0 spiro atoms. The molecule has 0 atom stereocenters. The summed E-state index contributed by atoms with van der Waals surface area (Å²) < 4.78 is 25.6. The van der Waals surface area contributed by atoms with E-state index in [4.69, 9.17) is 30.2 Å². The van der Waals surface area contributed by atoms with Crippen LogP contribution < -0.4 is 19.6 Å². The number of aromatic nitrogens is 1. The molecule has 8 nitrogen and oxygen atoms in total. The molecule has 0 aliphatic carbocycles. The third-order valence-electron chi connectivity index (χ3n) is 5.79. The third kappa shape index (κ3) is 6.89. The fourth-order valence-corrected chi connectivity index (χ4v) is 4.60. The maximum absolute atomic E-state index is 12.6. The number of carbonyl (C=O) groups excluding carboxylic acids is 1. The molecule has 40 heavy (non-hydrogen) atoms. The summed E-state index contributed by atoms with van der Waals surface area (Å²) in [5.74, 6) is 1.65. The van der Waals surface area contributed by atoms with Gasteiger partial charge in [0.25, 0.3) is 0 Å². The highest BCUT2D eigenvalue weighted by Gasteiger charge is 2.22. The Morgan fingerprint density at radius 3 is 2.40 bits per heavy atom. The molecule has 2 aromatic carbocycles. The number of rotatable bonds is 9. The van der Waals surface area contributed by atoms with Crippen molar-refractivity contribution in [3.63, 3.8) is 0 Å². The molecule has 4 aromatic rings. The lowest BCUT2D eigenvalue weighted by Crippen LogP contribution is -2.23. The van der Waals surface area contributed by atoms with Gasteiger partial charge in [0, 0.05) is 27.1 Å². The maximum atomic E-state index is 12.6. The van der Waals surface area contributed by atoms with Gasteiger partial charge < -0.3 is 23.2 Å². The summed E-state index contributed by atoms with van der Waals surface area (Å²) in [6.07, 6.45) is 1.45. The number of furan rings is 1. The zero-order chi connectivity index (χ0) is 29.0. The van der Waals surface area contributed by atoms with Crippen LogP contribution in [0.4, 0.5) is 0 Å². The average molecular weight is 629 g/mol. The molecule has 10 heteroatoms. The molecule has 2 heterocycles.